The molecule has 0 aromatic heterocycles. The van der Waals surface area contributed by atoms with E-state index >= 15 is 0 Å². The summed E-state index contributed by atoms with van der Waals surface area (Å²) in [5.41, 5.74) is 9.92. The van der Waals surface area contributed by atoms with Gasteiger partial charge >= 0.3 is 5.97 Å². The first-order valence-electron chi connectivity index (χ1n) is 10.7. The minimum Gasteiger partial charge on any atom is -0.489 e. The average molecular weight is 470 g/mol. The lowest BCUT2D eigenvalue weighted by Crippen LogP contribution is -2.25. The Morgan fingerprint density at radius 2 is 1.64 bits per heavy atom. The molecule has 0 aliphatic heterocycles. The predicted octanol–water partition coefficient (Wildman–Crippen LogP) is 5.54. The molecular weight excluding hydrogens is 438 g/mol. The summed E-state index contributed by atoms with van der Waals surface area (Å²) in [5.74, 6) is 0.391. The fourth-order valence-corrected chi connectivity index (χ4v) is 3.59. The van der Waals surface area contributed by atoms with Crippen LogP contribution in [0, 0.1) is 0 Å². The van der Waals surface area contributed by atoms with E-state index in [9.17, 15) is 4.79 Å². The van der Waals surface area contributed by atoms with Gasteiger partial charge in [-0.05, 0) is 49.6 Å². The minimum atomic E-state index is -0.518. The Balaban J connectivity index is 0.00000187. The van der Waals surface area contributed by atoms with Gasteiger partial charge in [-0.15, -0.1) is 0 Å². The van der Waals surface area contributed by atoms with Crippen LogP contribution >= 0.6 is 11.6 Å². The molecule has 33 heavy (non-hydrogen) atoms. The summed E-state index contributed by atoms with van der Waals surface area (Å²) >= 11 is 6.53. The number of rotatable bonds is 7. The highest BCUT2D eigenvalue weighted by Crippen LogP contribution is 2.31. The largest absolute Gasteiger partial charge is 0.489 e. The van der Waals surface area contributed by atoms with Crippen molar-refractivity contribution in [1.82, 2.24) is 0 Å². The topological polar surface area (TPSA) is 81.8 Å². The number of benzene rings is 3. The van der Waals surface area contributed by atoms with Gasteiger partial charge in [0, 0.05) is 24.8 Å². The van der Waals surface area contributed by atoms with Gasteiger partial charge in [0.15, 0.2) is 0 Å². The third kappa shape index (κ3) is 7.90. The van der Waals surface area contributed by atoms with Crippen LogP contribution in [-0.2, 0) is 29.1 Å². The Kier molecular flexibility index (Phi) is 9.92. The Hall–Kier alpha value is -2.86. The van der Waals surface area contributed by atoms with Crippen LogP contribution in [0.4, 0.5) is 0 Å². The van der Waals surface area contributed by atoms with Gasteiger partial charge in [0.25, 0.3) is 0 Å². The first-order valence-corrected chi connectivity index (χ1v) is 11.1. The molecule has 0 radical (unpaired) electrons. The monoisotopic (exact) mass is 469 g/mol. The second-order valence-corrected chi connectivity index (χ2v) is 8.72. The van der Waals surface area contributed by atoms with Crippen molar-refractivity contribution in [3.63, 3.8) is 0 Å². The van der Waals surface area contributed by atoms with E-state index < -0.39 is 5.60 Å². The van der Waals surface area contributed by atoms with Gasteiger partial charge in [0.1, 0.15) is 18.0 Å². The van der Waals surface area contributed by atoms with Crippen LogP contribution in [0.2, 0.25) is 5.02 Å². The number of aliphatic hydroxyl groups excluding tert-OH is 1. The summed E-state index contributed by atoms with van der Waals surface area (Å²) in [4.78, 5) is 12.2. The maximum Gasteiger partial charge on any atom is 0.310 e. The molecule has 0 aliphatic rings. The second kappa shape index (κ2) is 12.4. The molecular formula is C27H32ClNO4. The number of carbonyl (C=O) groups is 1. The number of hydrogen-bond acceptors (Lipinski definition) is 5. The lowest BCUT2D eigenvalue weighted by molar-refractivity contribution is -0.153. The van der Waals surface area contributed by atoms with Gasteiger partial charge in [-0.3, -0.25) is 4.79 Å². The molecule has 5 nitrogen and oxygen atoms in total. The van der Waals surface area contributed by atoms with E-state index in [0.29, 0.717) is 23.9 Å². The number of halogens is 1. The number of para-hydroxylation sites is 1. The average Bonchev–Trinajstić information content (AvgIpc) is 2.79. The fraction of sp³-hybridized carbons (Fsp3) is 0.296. The molecule has 3 rings (SSSR count). The fourth-order valence-electron chi connectivity index (χ4n) is 3.27. The maximum absolute atomic E-state index is 12.2. The quantitative estimate of drug-likeness (QED) is 0.444. The van der Waals surface area contributed by atoms with Gasteiger partial charge in [-0.25, -0.2) is 0 Å². The number of carbonyl (C=O) groups excluding carboxylic acids is 1. The van der Waals surface area contributed by atoms with E-state index in [1.807, 2.05) is 81.4 Å². The molecule has 0 aliphatic carbocycles. The van der Waals surface area contributed by atoms with Crippen LogP contribution in [0.25, 0.3) is 11.1 Å². The highest BCUT2D eigenvalue weighted by Gasteiger charge is 2.18. The summed E-state index contributed by atoms with van der Waals surface area (Å²) in [7, 11) is 1.00. The van der Waals surface area contributed by atoms with Crippen molar-refractivity contribution in [2.75, 3.05) is 7.11 Å². The molecule has 0 amide bonds. The molecule has 0 atom stereocenters. The maximum atomic E-state index is 12.2. The van der Waals surface area contributed by atoms with E-state index in [-0.39, 0.29) is 12.4 Å². The summed E-state index contributed by atoms with van der Waals surface area (Å²) in [5, 5.41) is 7.67. The highest BCUT2D eigenvalue weighted by molar-refractivity contribution is 6.34. The molecule has 0 saturated heterocycles. The molecule has 0 fully saturated rings. The molecule has 3 N–H and O–H groups in total. The second-order valence-electron chi connectivity index (χ2n) is 8.34. The smallest absolute Gasteiger partial charge is 0.310 e. The predicted molar refractivity (Wildman–Crippen MR) is 133 cm³/mol. The zero-order valence-electron chi connectivity index (χ0n) is 19.6. The van der Waals surface area contributed by atoms with E-state index in [4.69, 9.17) is 31.9 Å². The first kappa shape index (κ1) is 26.4. The Labute approximate surface area is 201 Å². The number of ether oxygens (including phenoxy) is 2. The van der Waals surface area contributed by atoms with E-state index in [1.165, 1.54) is 0 Å². The lowest BCUT2D eigenvalue weighted by atomic mass is 10.0. The van der Waals surface area contributed by atoms with Crippen molar-refractivity contribution in [1.29, 1.82) is 0 Å². The molecule has 176 valence electrons. The normalized spacial score (nSPS) is 10.8. The van der Waals surface area contributed by atoms with Crippen molar-refractivity contribution in [3.8, 4) is 16.9 Å². The van der Waals surface area contributed by atoms with Gasteiger partial charge in [-0.1, -0.05) is 66.2 Å². The Bertz CT molecular complexity index is 1060. The number of aliphatic hydroxyl groups is 1. The molecule has 6 heteroatoms. The zero-order chi connectivity index (χ0) is 24.4. The zero-order valence-corrected chi connectivity index (χ0v) is 20.4. The highest BCUT2D eigenvalue weighted by atomic mass is 35.5. The van der Waals surface area contributed by atoms with Crippen LogP contribution < -0.4 is 10.5 Å². The van der Waals surface area contributed by atoms with Crippen molar-refractivity contribution < 1.29 is 19.4 Å². The van der Waals surface area contributed by atoms with Crippen molar-refractivity contribution in [2.45, 2.75) is 45.9 Å². The van der Waals surface area contributed by atoms with Crippen molar-refractivity contribution in [2.24, 2.45) is 5.73 Å². The number of esters is 1. The summed E-state index contributed by atoms with van der Waals surface area (Å²) in [6.07, 6.45) is 0.162. The third-order valence-electron chi connectivity index (χ3n) is 4.66. The van der Waals surface area contributed by atoms with Crippen LogP contribution in [0.3, 0.4) is 0 Å². The van der Waals surface area contributed by atoms with E-state index in [2.05, 4.69) is 6.07 Å². The molecule has 0 saturated carbocycles. The van der Waals surface area contributed by atoms with E-state index in [0.717, 1.165) is 34.9 Å². The molecule has 0 unspecified atom stereocenters. The van der Waals surface area contributed by atoms with Crippen LogP contribution in [0.1, 0.15) is 37.5 Å². The number of nitrogens with two attached hydrogens (primary N) is 1. The van der Waals surface area contributed by atoms with Gasteiger partial charge in [0.05, 0.1) is 11.4 Å². The lowest BCUT2D eigenvalue weighted by Gasteiger charge is -2.20. The van der Waals surface area contributed by atoms with E-state index in [1.54, 1.807) is 0 Å². The summed E-state index contributed by atoms with van der Waals surface area (Å²) in [6, 6.07) is 21.4. The van der Waals surface area contributed by atoms with Crippen LogP contribution in [-0.4, -0.2) is 23.8 Å². The molecule has 0 heterocycles. The van der Waals surface area contributed by atoms with Crippen LogP contribution in [0.15, 0.2) is 66.7 Å². The molecule has 3 aromatic carbocycles. The molecule has 3 aromatic rings. The van der Waals surface area contributed by atoms with Crippen LogP contribution in [0.5, 0.6) is 5.75 Å². The number of hydrogen-bond donors (Lipinski definition) is 2. The third-order valence-corrected chi connectivity index (χ3v) is 5.10. The molecule has 0 spiro atoms. The van der Waals surface area contributed by atoms with Gasteiger partial charge < -0.3 is 20.3 Å². The van der Waals surface area contributed by atoms with Gasteiger partial charge in [-0.2, -0.15) is 0 Å². The van der Waals surface area contributed by atoms with Crippen molar-refractivity contribution >= 4 is 17.6 Å². The van der Waals surface area contributed by atoms with Crippen molar-refractivity contribution in [3.05, 3.63) is 88.4 Å². The van der Waals surface area contributed by atoms with Gasteiger partial charge in [0.2, 0.25) is 0 Å². The Morgan fingerprint density at radius 3 is 2.33 bits per heavy atom. The minimum absolute atomic E-state index is 0.162. The Morgan fingerprint density at radius 1 is 0.970 bits per heavy atom. The summed E-state index contributed by atoms with van der Waals surface area (Å²) in [6.45, 7) is 6.33. The SMILES string of the molecule is CC(C)(C)OC(=O)Cc1ccccc1OCc1cccc(-c2cccc(CN)c2Cl)c1.CO. The first-order chi connectivity index (χ1) is 15.8. The standard InChI is InChI=1S/C26H28ClNO3.CH4O/c1-26(2,3)31-24(29)15-20-9-4-5-13-23(20)30-17-18-8-6-10-19(14-18)22-12-7-11-21(16-28)25(22)27;1-2/h4-14H,15-17,28H2,1-3H3;2H,1H3. The molecule has 0 bridgehead atoms. The summed E-state index contributed by atoms with van der Waals surface area (Å²) < 4.78 is 11.5.